The summed E-state index contributed by atoms with van der Waals surface area (Å²) in [5.74, 6) is 0.997. The van der Waals surface area contributed by atoms with E-state index in [4.69, 9.17) is 0 Å². The number of rotatable bonds is 3. The lowest BCUT2D eigenvalue weighted by Crippen LogP contribution is -2.32. The molecule has 2 fully saturated rings. The molecule has 2 unspecified atom stereocenters. The normalized spacial score (nSPS) is 30.5. The predicted octanol–water partition coefficient (Wildman–Crippen LogP) is 0.604. The molecular formula is C11H15ClN2O2S. The lowest BCUT2D eigenvalue weighted by Gasteiger charge is -2.08. The maximum atomic E-state index is 12.0. The Morgan fingerprint density at radius 3 is 2.29 bits per heavy atom. The van der Waals surface area contributed by atoms with Gasteiger partial charge in [-0.05, 0) is 37.1 Å². The molecule has 1 heterocycles. The zero-order chi connectivity index (χ0) is 11.2. The molecule has 0 aromatic heterocycles. The van der Waals surface area contributed by atoms with Gasteiger partial charge >= 0.3 is 0 Å². The molecule has 0 spiro atoms. The summed E-state index contributed by atoms with van der Waals surface area (Å²) in [4.78, 5) is 0.355. The van der Waals surface area contributed by atoms with Gasteiger partial charge in [-0.15, -0.1) is 12.4 Å². The number of fused-ring (bicyclic) bond motifs is 1. The van der Waals surface area contributed by atoms with Crippen molar-refractivity contribution in [1.29, 1.82) is 0 Å². The quantitative estimate of drug-likeness (QED) is 0.849. The molecule has 1 aliphatic carbocycles. The first kappa shape index (κ1) is 12.8. The molecule has 2 atom stereocenters. The summed E-state index contributed by atoms with van der Waals surface area (Å²) in [6.07, 6.45) is 0. The van der Waals surface area contributed by atoms with Crippen molar-refractivity contribution in [2.45, 2.75) is 10.9 Å². The average molecular weight is 275 g/mol. The van der Waals surface area contributed by atoms with Gasteiger partial charge in [0.15, 0.2) is 0 Å². The van der Waals surface area contributed by atoms with E-state index in [9.17, 15) is 8.42 Å². The van der Waals surface area contributed by atoms with Gasteiger partial charge in [0.05, 0.1) is 4.90 Å². The molecule has 1 aromatic carbocycles. The Balaban J connectivity index is 0.00000108. The number of hydrogen-bond donors (Lipinski definition) is 2. The molecule has 2 N–H and O–H groups in total. The van der Waals surface area contributed by atoms with Crippen LogP contribution in [0.25, 0.3) is 0 Å². The van der Waals surface area contributed by atoms with Crippen LogP contribution in [0.1, 0.15) is 0 Å². The monoisotopic (exact) mass is 274 g/mol. The Morgan fingerprint density at radius 2 is 1.71 bits per heavy atom. The van der Waals surface area contributed by atoms with Crippen LogP contribution >= 0.6 is 12.4 Å². The van der Waals surface area contributed by atoms with Crippen LogP contribution in [0.4, 0.5) is 0 Å². The van der Waals surface area contributed by atoms with Crippen molar-refractivity contribution in [2.24, 2.45) is 11.8 Å². The summed E-state index contributed by atoms with van der Waals surface area (Å²) in [5.41, 5.74) is 0. The molecule has 0 bridgehead atoms. The third-order valence-electron chi connectivity index (χ3n) is 3.44. The number of benzene rings is 1. The van der Waals surface area contributed by atoms with E-state index in [0.29, 0.717) is 16.7 Å². The Labute approximate surface area is 107 Å². The third kappa shape index (κ3) is 2.33. The lowest BCUT2D eigenvalue weighted by molar-refractivity contribution is 0.565. The van der Waals surface area contributed by atoms with E-state index in [1.165, 1.54) is 0 Å². The highest BCUT2D eigenvalue weighted by Crippen LogP contribution is 2.42. The summed E-state index contributed by atoms with van der Waals surface area (Å²) in [6, 6.07) is 8.69. The first-order chi connectivity index (χ1) is 7.68. The van der Waals surface area contributed by atoms with Gasteiger partial charge in [0, 0.05) is 6.04 Å². The minimum Gasteiger partial charge on any atom is -0.316 e. The van der Waals surface area contributed by atoms with Gasteiger partial charge in [0.2, 0.25) is 10.0 Å². The zero-order valence-electron chi connectivity index (χ0n) is 9.17. The molecule has 0 radical (unpaired) electrons. The van der Waals surface area contributed by atoms with E-state index < -0.39 is 10.0 Å². The van der Waals surface area contributed by atoms with Crippen LogP contribution in [0, 0.1) is 11.8 Å². The molecule has 6 heteroatoms. The van der Waals surface area contributed by atoms with Gasteiger partial charge in [-0.1, -0.05) is 18.2 Å². The van der Waals surface area contributed by atoms with Gasteiger partial charge in [-0.2, -0.15) is 0 Å². The SMILES string of the molecule is Cl.O=S(=O)(NC1C2CNCC21)c1ccccc1. The molecule has 94 valence electrons. The molecule has 1 aromatic rings. The lowest BCUT2D eigenvalue weighted by atomic mass is 10.4. The Bertz CT molecular complexity index is 481. The van der Waals surface area contributed by atoms with E-state index in [-0.39, 0.29) is 18.4 Å². The van der Waals surface area contributed by atoms with Crippen molar-refractivity contribution >= 4 is 22.4 Å². The van der Waals surface area contributed by atoms with Crippen LogP contribution < -0.4 is 10.0 Å². The molecule has 2 aliphatic rings. The summed E-state index contributed by atoms with van der Waals surface area (Å²) < 4.78 is 26.7. The van der Waals surface area contributed by atoms with Gasteiger partial charge in [0.25, 0.3) is 0 Å². The van der Waals surface area contributed by atoms with Gasteiger partial charge < -0.3 is 5.32 Å². The van der Waals surface area contributed by atoms with Crippen LogP contribution in [-0.4, -0.2) is 27.5 Å². The average Bonchev–Trinajstić information content (AvgIpc) is 2.76. The second-order valence-corrected chi connectivity index (χ2v) is 6.16. The third-order valence-corrected chi connectivity index (χ3v) is 4.91. The van der Waals surface area contributed by atoms with Crippen LogP contribution in [0.3, 0.4) is 0 Å². The first-order valence-corrected chi connectivity index (χ1v) is 6.95. The van der Waals surface area contributed by atoms with Crippen LogP contribution in [-0.2, 0) is 10.0 Å². The Hall–Kier alpha value is -0.620. The predicted molar refractivity (Wildman–Crippen MR) is 67.6 cm³/mol. The number of sulfonamides is 1. The maximum absolute atomic E-state index is 12.0. The number of halogens is 1. The molecule has 3 rings (SSSR count). The zero-order valence-corrected chi connectivity index (χ0v) is 10.8. The fourth-order valence-corrected chi connectivity index (χ4v) is 3.80. The van der Waals surface area contributed by atoms with E-state index in [1.807, 2.05) is 6.07 Å². The van der Waals surface area contributed by atoms with Crippen molar-refractivity contribution in [2.75, 3.05) is 13.1 Å². The second kappa shape index (κ2) is 4.57. The van der Waals surface area contributed by atoms with Crippen LogP contribution in [0.5, 0.6) is 0 Å². The standard InChI is InChI=1S/C11H14N2O2S.ClH/c14-16(15,8-4-2-1-3-5-8)13-11-9-6-12-7-10(9)11;/h1-5,9-13H,6-7H2;1H. The topological polar surface area (TPSA) is 58.2 Å². The van der Waals surface area contributed by atoms with Crippen molar-refractivity contribution in [3.05, 3.63) is 30.3 Å². The van der Waals surface area contributed by atoms with E-state index in [1.54, 1.807) is 24.3 Å². The fraction of sp³-hybridized carbons (Fsp3) is 0.455. The van der Waals surface area contributed by atoms with Gasteiger partial charge in [-0.3, -0.25) is 0 Å². The molecular weight excluding hydrogens is 260 g/mol. The minimum atomic E-state index is -3.32. The summed E-state index contributed by atoms with van der Waals surface area (Å²) >= 11 is 0. The van der Waals surface area contributed by atoms with Crippen molar-refractivity contribution in [3.63, 3.8) is 0 Å². The van der Waals surface area contributed by atoms with Gasteiger partial charge in [-0.25, -0.2) is 13.1 Å². The highest BCUT2D eigenvalue weighted by molar-refractivity contribution is 7.89. The van der Waals surface area contributed by atoms with Crippen molar-refractivity contribution < 1.29 is 8.42 Å². The molecule has 17 heavy (non-hydrogen) atoms. The first-order valence-electron chi connectivity index (χ1n) is 5.46. The molecule has 4 nitrogen and oxygen atoms in total. The largest absolute Gasteiger partial charge is 0.316 e. The number of nitrogens with one attached hydrogen (secondary N) is 2. The Kier molecular flexibility index (Phi) is 3.45. The van der Waals surface area contributed by atoms with Crippen LogP contribution in [0.2, 0.25) is 0 Å². The number of piperidine rings is 1. The maximum Gasteiger partial charge on any atom is 0.240 e. The van der Waals surface area contributed by atoms with E-state index in [0.717, 1.165) is 13.1 Å². The molecule has 1 saturated carbocycles. The molecule has 1 saturated heterocycles. The van der Waals surface area contributed by atoms with Crippen molar-refractivity contribution in [1.82, 2.24) is 10.0 Å². The summed E-state index contributed by atoms with van der Waals surface area (Å²) in [6.45, 7) is 1.87. The smallest absolute Gasteiger partial charge is 0.240 e. The molecule has 1 aliphatic heterocycles. The minimum absolute atomic E-state index is 0. The highest BCUT2D eigenvalue weighted by Gasteiger charge is 2.54. The fourth-order valence-electron chi connectivity index (χ4n) is 2.44. The summed E-state index contributed by atoms with van der Waals surface area (Å²) in [7, 11) is -3.32. The number of hydrogen-bond acceptors (Lipinski definition) is 3. The highest BCUT2D eigenvalue weighted by atomic mass is 35.5. The Morgan fingerprint density at radius 1 is 1.12 bits per heavy atom. The molecule has 0 amide bonds. The van der Waals surface area contributed by atoms with E-state index in [2.05, 4.69) is 10.0 Å². The van der Waals surface area contributed by atoms with Gasteiger partial charge in [0.1, 0.15) is 0 Å². The van der Waals surface area contributed by atoms with Crippen LogP contribution in [0.15, 0.2) is 35.2 Å². The van der Waals surface area contributed by atoms with Crippen molar-refractivity contribution in [3.8, 4) is 0 Å². The summed E-state index contributed by atoms with van der Waals surface area (Å²) in [5, 5.41) is 3.24. The second-order valence-electron chi connectivity index (χ2n) is 4.45. The van der Waals surface area contributed by atoms with E-state index >= 15 is 0 Å².